The highest BCUT2D eigenvalue weighted by Crippen LogP contribution is 2.27. The number of ether oxygens (including phenoxy) is 1. The normalized spacial score (nSPS) is 23.9. The van der Waals surface area contributed by atoms with Gasteiger partial charge in [-0.15, -0.1) is 0 Å². The number of esters is 1. The van der Waals surface area contributed by atoms with Gasteiger partial charge in [-0.2, -0.15) is 5.26 Å². The summed E-state index contributed by atoms with van der Waals surface area (Å²) in [4.78, 5) is 23.8. The van der Waals surface area contributed by atoms with Gasteiger partial charge in [0.2, 0.25) is 0 Å². The lowest BCUT2D eigenvalue weighted by molar-refractivity contribution is -0.153. The molecular formula is C16H22N2O3. The first kappa shape index (κ1) is 15.6. The Hall–Kier alpha value is -1.83. The van der Waals surface area contributed by atoms with E-state index in [0.717, 1.165) is 32.1 Å². The van der Waals surface area contributed by atoms with Crippen molar-refractivity contribution in [3.05, 3.63) is 12.2 Å². The smallest absolute Gasteiger partial charge is 0.309 e. The van der Waals surface area contributed by atoms with E-state index in [9.17, 15) is 14.9 Å². The van der Waals surface area contributed by atoms with Crippen molar-refractivity contribution in [1.29, 1.82) is 5.26 Å². The lowest BCUT2D eigenvalue weighted by Crippen LogP contribution is -2.50. The summed E-state index contributed by atoms with van der Waals surface area (Å²) in [5.74, 6) is -0.829. The first-order valence-electron chi connectivity index (χ1n) is 7.69. The third-order valence-corrected chi connectivity index (χ3v) is 4.25. The fourth-order valence-electron chi connectivity index (χ4n) is 2.99. The van der Waals surface area contributed by atoms with Crippen LogP contribution in [-0.4, -0.2) is 24.0 Å². The lowest BCUT2D eigenvalue weighted by atomic mass is 9.83. The second kappa shape index (κ2) is 7.26. The maximum Gasteiger partial charge on any atom is 0.309 e. The fraction of sp³-hybridized carbons (Fsp3) is 0.688. The predicted molar refractivity (Wildman–Crippen MR) is 77.0 cm³/mol. The van der Waals surface area contributed by atoms with E-state index in [1.165, 1.54) is 0 Å². The van der Waals surface area contributed by atoms with Crippen LogP contribution in [0.25, 0.3) is 0 Å². The zero-order valence-electron chi connectivity index (χ0n) is 12.3. The molecule has 0 heterocycles. The minimum atomic E-state index is -0.769. The maximum atomic E-state index is 11.9. The van der Waals surface area contributed by atoms with Gasteiger partial charge in [-0.05, 0) is 32.1 Å². The summed E-state index contributed by atoms with van der Waals surface area (Å²) >= 11 is 0. The van der Waals surface area contributed by atoms with Gasteiger partial charge in [0.1, 0.15) is 5.54 Å². The quantitative estimate of drug-likeness (QED) is 0.636. The topological polar surface area (TPSA) is 79.2 Å². The Bertz CT molecular complexity index is 459. The van der Waals surface area contributed by atoms with E-state index in [1.54, 1.807) is 0 Å². The fourth-order valence-corrected chi connectivity index (χ4v) is 2.99. The molecule has 0 aliphatic heterocycles. The number of carbonyl (C=O) groups excluding carboxylic acids is 2. The summed E-state index contributed by atoms with van der Waals surface area (Å²) in [5.41, 5.74) is -0.769. The van der Waals surface area contributed by atoms with Crippen molar-refractivity contribution in [2.75, 3.05) is 6.61 Å². The molecule has 1 atom stereocenters. The SMILES string of the molecule is N#CC1(NC(=O)COC(=O)[C@@H]2CC=CCC2)CCCCC1. The van der Waals surface area contributed by atoms with E-state index in [4.69, 9.17) is 4.74 Å². The van der Waals surface area contributed by atoms with E-state index < -0.39 is 5.54 Å². The van der Waals surface area contributed by atoms with Gasteiger partial charge in [0.05, 0.1) is 12.0 Å². The summed E-state index contributed by atoms with van der Waals surface area (Å²) in [7, 11) is 0. The minimum absolute atomic E-state index is 0.137. The Morgan fingerprint density at radius 1 is 1.29 bits per heavy atom. The highest BCUT2D eigenvalue weighted by atomic mass is 16.5. The highest BCUT2D eigenvalue weighted by molar-refractivity contribution is 5.82. The minimum Gasteiger partial charge on any atom is -0.455 e. The summed E-state index contributed by atoms with van der Waals surface area (Å²) in [6, 6.07) is 2.22. The van der Waals surface area contributed by atoms with Crippen LogP contribution in [0.2, 0.25) is 0 Å². The molecule has 0 aromatic heterocycles. The average molecular weight is 290 g/mol. The number of hydrogen-bond donors (Lipinski definition) is 1. The molecule has 5 heteroatoms. The third kappa shape index (κ3) is 4.32. The molecule has 5 nitrogen and oxygen atoms in total. The van der Waals surface area contributed by atoms with Crippen LogP contribution < -0.4 is 5.32 Å². The van der Waals surface area contributed by atoms with Crippen LogP contribution in [0.5, 0.6) is 0 Å². The van der Waals surface area contributed by atoms with Crippen molar-refractivity contribution < 1.29 is 14.3 Å². The van der Waals surface area contributed by atoms with Crippen LogP contribution >= 0.6 is 0 Å². The van der Waals surface area contributed by atoms with Gasteiger partial charge in [0, 0.05) is 0 Å². The first-order valence-corrected chi connectivity index (χ1v) is 7.69. The van der Waals surface area contributed by atoms with Crippen molar-refractivity contribution in [1.82, 2.24) is 5.32 Å². The summed E-state index contributed by atoms with van der Waals surface area (Å²) in [6.45, 7) is -0.289. The number of hydrogen-bond acceptors (Lipinski definition) is 4. The molecule has 2 aliphatic carbocycles. The number of rotatable bonds is 4. The zero-order chi connectivity index (χ0) is 15.1. The molecule has 1 N–H and O–H groups in total. The van der Waals surface area contributed by atoms with Crippen molar-refractivity contribution in [3.63, 3.8) is 0 Å². The number of amides is 1. The molecular weight excluding hydrogens is 268 g/mol. The standard InChI is InChI=1S/C16H22N2O3/c17-12-16(9-5-2-6-10-16)18-14(19)11-21-15(20)13-7-3-1-4-8-13/h1,3,13H,2,4-11H2,(H,18,19)/t13-/m1/s1. The van der Waals surface area contributed by atoms with Gasteiger partial charge >= 0.3 is 5.97 Å². The lowest BCUT2D eigenvalue weighted by Gasteiger charge is -2.31. The Morgan fingerprint density at radius 2 is 2.05 bits per heavy atom. The zero-order valence-corrected chi connectivity index (χ0v) is 12.3. The third-order valence-electron chi connectivity index (χ3n) is 4.25. The number of nitriles is 1. The summed E-state index contributed by atoms with van der Waals surface area (Å²) in [6.07, 6.45) is 10.7. The molecule has 0 radical (unpaired) electrons. The number of allylic oxidation sites excluding steroid dienone is 2. The first-order chi connectivity index (χ1) is 10.2. The molecule has 0 saturated heterocycles. The van der Waals surface area contributed by atoms with Gasteiger partial charge in [-0.25, -0.2) is 0 Å². The molecule has 0 spiro atoms. The van der Waals surface area contributed by atoms with Crippen LogP contribution in [0.3, 0.4) is 0 Å². The number of nitrogens with zero attached hydrogens (tertiary/aromatic N) is 1. The van der Waals surface area contributed by atoms with E-state index in [2.05, 4.69) is 17.5 Å². The van der Waals surface area contributed by atoms with Gasteiger partial charge in [-0.3, -0.25) is 9.59 Å². The van der Waals surface area contributed by atoms with Crippen LogP contribution in [0, 0.1) is 17.2 Å². The molecule has 0 aromatic carbocycles. The van der Waals surface area contributed by atoms with Gasteiger partial charge in [-0.1, -0.05) is 31.4 Å². The van der Waals surface area contributed by atoms with E-state index in [1.807, 2.05) is 6.08 Å². The van der Waals surface area contributed by atoms with E-state index in [0.29, 0.717) is 19.3 Å². The molecule has 0 bridgehead atoms. The van der Waals surface area contributed by atoms with E-state index in [-0.39, 0.29) is 24.4 Å². The van der Waals surface area contributed by atoms with Gasteiger partial charge in [0.25, 0.3) is 5.91 Å². The molecule has 2 aliphatic rings. The average Bonchev–Trinajstić information content (AvgIpc) is 2.54. The van der Waals surface area contributed by atoms with Gasteiger partial charge < -0.3 is 10.1 Å². The second-order valence-electron chi connectivity index (χ2n) is 5.89. The largest absolute Gasteiger partial charge is 0.455 e. The maximum absolute atomic E-state index is 11.9. The molecule has 1 fully saturated rings. The van der Waals surface area contributed by atoms with Crippen LogP contribution in [0.4, 0.5) is 0 Å². The predicted octanol–water partition coefficient (Wildman–Crippen LogP) is 2.23. The number of nitrogens with one attached hydrogen (secondary N) is 1. The monoisotopic (exact) mass is 290 g/mol. The Labute approximate surface area is 125 Å². The van der Waals surface area contributed by atoms with Crippen molar-refractivity contribution in [3.8, 4) is 6.07 Å². The Kier molecular flexibility index (Phi) is 5.38. The summed E-state index contributed by atoms with van der Waals surface area (Å²) in [5, 5.41) is 12.0. The number of carbonyl (C=O) groups is 2. The van der Waals surface area contributed by atoms with Gasteiger partial charge in [0.15, 0.2) is 6.61 Å². The molecule has 0 unspecified atom stereocenters. The molecule has 2 rings (SSSR count). The van der Waals surface area contributed by atoms with E-state index >= 15 is 0 Å². The van der Waals surface area contributed by atoms with Crippen LogP contribution in [-0.2, 0) is 14.3 Å². The molecule has 21 heavy (non-hydrogen) atoms. The molecule has 1 saturated carbocycles. The molecule has 1 amide bonds. The Balaban J connectivity index is 1.77. The van der Waals surface area contributed by atoms with Crippen molar-refractivity contribution >= 4 is 11.9 Å². The Morgan fingerprint density at radius 3 is 2.67 bits per heavy atom. The molecule has 0 aromatic rings. The van der Waals surface area contributed by atoms with Crippen LogP contribution in [0.15, 0.2) is 12.2 Å². The van der Waals surface area contributed by atoms with Crippen LogP contribution in [0.1, 0.15) is 51.4 Å². The highest BCUT2D eigenvalue weighted by Gasteiger charge is 2.33. The summed E-state index contributed by atoms with van der Waals surface area (Å²) < 4.78 is 5.08. The second-order valence-corrected chi connectivity index (χ2v) is 5.89. The van der Waals surface area contributed by atoms with Crippen molar-refractivity contribution in [2.24, 2.45) is 5.92 Å². The van der Waals surface area contributed by atoms with Crippen molar-refractivity contribution in [2.45, 2.75) is 56.9 Å². The molecule has 114 valence electrons.